The quantitative estimate of drug-likeness (QED) is 0.872. The van der Waals surface area contributed by atoms with Gasteiger partial charge < -0.3 is 10.8 Å². The zero-order valence-electron chi connectivity index (χ0n) is 7.91. The number of halogens is 5. The molecule has 0 heterocycles. The Hall–Kier alpha value is -0.490. The predicted octanol–water partition coefficient (Wildman–Crippen LogP) is 2.68. The molecule has 0 bridgehead atoms. The van der Waals surface area contributed by atoms with E-state index in [-0.39, 0.29) is 18.0 Å². The maximum Gasteiger partial charge on any atom is 0.416 e. The Labute approximate surface area is 102 Å². The van der Waals surface area contributed by atoms with Crippen LogP contribution in [0, 0.1) is 0 Å². The van der Waals surface area contributed by atoms with Crippen molar-refractivity contribution in [2.24, 2.45) is 5.73 Å². The Morgan fingerprint density at radius 3 is 2.00 bits per heavy atom. The van der Waals surface area contributed by atoms with Crippen LogP contribution in [0.15, 0.2) is 24.3 Å². The van der Waals surface area contributed by atoms with Crippen molar-refractivity contribution < 1.29 is 18.3 Å². The zero-order valence-corrected chi connectivity index (χ0v) is 9.48. The summed E-state index contributed by atoms with van der Waals surface area (Å²) < 4.78 is 36.3. The third-order valence-electron chi connectivity index (χ3n) is 1.93. The lowest BCUT2D eigenvalue weighted by Gasteiger charge is -2.21. The van der Waals surface area contributed by atoms with E-state index in [0.717, 1.165) is 0 Å². The molecule has 0 unspecified atom stereocenters. The molecule has 0 fully saturated rings. The van der Waals surface area contributed by atoms with Crippen LogP contribution < -0.4 is 5.73 Å². The predicted molar refractivity (Wildman–Crippen MR) is 57.7 cm³/mol. The highest BCUT2D eigenvalue weighted by Gasteiger charge is 2.42. The molecule has 1 aromatic carbocycles. The lowest BCUT2D eigenvalue weighted by molar-refractivity contribution is -0.210. The Morgan fingerprint density at radius 2 is 1.62 bits per heavy atom. The van der Waals surface area contributed by atoms with Crippen LogP contribution in [0.4, 0.5) is 13.2 Å². The molecule has 0 saturated carbocycles. The van der Waals surface area contributed by atoms with Gasteiger partial charge >= 0.3 is 6.18 Å². The van der Waals surface area contributed by atoms with Crippen molar-refractivity contribution in [3.8, 4) is 0 Å². The maximum absolute atomic E-state index is 12.1. The van der Waals surface area contributed by atoms with Gasteiger partial charge in [0.15, 0.2) is 6.10 Å². The van der Waals surface area contributed by atoms with Crippen LogP contribution in [0.2, 0.25) is 5.02 Å². The number of aliphatic hydroxyl groups excluding tert-OH is 1. The minimum Gasteiger partial charge on any atom is -0.382 e. The van der Waals surface area contributed by atoms with Crippen molar-refractivity contribution in [2.45, 2.75) is 18.3 Å². The fourth-order valence-corrected chi connectivity index (χ4v) is 1.20. The highest BCUT2D eigenvalue weighted by atomic mass is 35.5. The van der Waals surface area contributed by atoms with Gasteiger partial charge in [0.05, 0.1) is 6.04 Å². The molecule has 2 nitrogen and oxygen atoms in total. The van der Waals surface area contributed by atoms with Gasteiger partial charge in [0.1, 0.15) is 0 Å². The first-order chi connectivity index (χ1) is 6.82. The normalized spacial score (nSPS) is 15.1. The van der Waals surface area contributed by atoms with Gasteiger partial charge in [-0.25, -0.2) is 0 Å². The average molecular weight is 276 g/mol. The highest BCUT2D eigenvalue weighted by molar-refractivity contribution is 6.30. The van der Waals surface area contributed by atoms with Crippen LogP contribution in [0.5, 0.6) is 0 Å². The first kappa shape index (κ1) is 15.5. The van der Waals surface area contributed by atoms with Gasteiger partial charge in [0.2, 0.25) is 0 Å². The van der Waals surface area contributed by atoms with E-state index in [1.54, 1.807) is 0 Å². The number of alkyl halides is 3. The van der Waals surface area contributed by atoms with Crippen molar-refractivity contribution in [1.82, 2.24) is 0 Å². The van der Waals surface area contributed by atoms with Crippen LogP contribution in [0.25, 0.3) is 0 Å². The van der Waals surface area contributed by atoms with E-state index in [9.17, 15) is 13.2 Å². The largest absolute Gasteiger partial charge is 0.416 e. The summed E-state index contributed by atoms with van der Waals surface area (Å²) in [6.45, 7) is 0. The summed E-state index contributed by atoms with van der Waals surface area (Å²) in [6.07, 6.45) is -7.29. The summed E-state index contributed by atoms with van der Waals surface area (Å²) in [4.78, 5) is 0. The summed E-state index contributed by atoms with van der Waals surface area (Å²) >= 11 is 5.56. The van der Waals surface area contributed by atoms with Gasteiger partial charge in [0.25, 0.3) is 0 Å². The van der Waals surface area contributed by atoms with Crippen molar-refractivity contribution in [3.63, 3.8) is 0 Å². The number of aliphatic hydroxyl groups is 1. The monoisotopic (exact) mass is 275 g/mol. The fourth-order valence-electron chi connectivity index (χ4n) is 1.07. The molecule has 0 spiro atoms. The Morgan fingerprint density at radius 1 is 1.19 bits per heavy atom. The Kier molecular flexibility index (Phi) is 5.55. The molecule has 16 heavy (non-hydrogen) atoms. The Balaban J connectivity index is 0.00000225. The van der Waals surface area contributed by atoms with Gasteiger partial charge in [-0.2, -0.15) is 13.2 Å². The molecule has 0 amide bonds. The van der Waals surface area contributed by atoms with E-state index >= 15 is 0 Å². The van der Waals surface area contributed by atoms with Gasteiger partial charge in [-0.15, -0.1) is 12.4 Å². The van der Waals surface area contributed by atoms with Crippen molar-refractivity contribution in [2.75, 3.05) is 0 Å². The van der Waals surface area contributed by atoms with E-state index in [1.807, 2.05) is 0 Å². The molecule has 1 aromatic rings. The number of nitrogens with two attached hydrogens (primary N) is 1. The lowest BCUT2D eigenvalue weighted by atomic mass is 10.0. The highest BCUT2D eigenvalue weighted by Crippen LogP contribution is 2.28. The molecule has 0 aliphatic carbocycles. The average Bonchev–Trinajstić information content (AvgIpc) is 2.15. The summed E-state index contributed by atoms with van der Waals surface area (Å²) in [7, 11) is 0. The lowest BCUT2D eigenvalue weighted by Crippen LogP contribution is -2.38. The molecule has 3 N–H and O–H groups in total. The Bertz CT molecular complexity index is 329. The molecular formula is C9H10Cl2F3NO. The van der Waals surface area contributed by atoms with E-state index in [4.69, 9.17) is 22.4 Å². The molecule has 92 valence electrons. The first-order valence-corrected chi connectivity index (χ1v) is 4.46. The van der Waals surface area contributed by atoms with Crippen LogP contribution in [-0.4, -0.2) is 17.4 Å². The zero-order chi connectivity index (χ0) is 11.6. The molecule has 2 atom stereocenters. The van der Waals surface area contributed by atoms with E-state index in [2.05, 4.69) is 0 Å². The molecule has 0 aliphatic rings. The van der Waals surface area contributed by atoms with Crippen molar-refractivity contribution in [1.29, 1.82) is 0 Å². The SMILES string of the molecule is Cl.N[C@@H](c1ccc(Cl)cc1)[C@H](O)C(F)(F)F. The van der Waals surface area contributed by atoms with Crippen molar-refractivity contribution in [3.05, 3.63) is 34.9 Å². The minimum absolute atomic E-state index is 0. The molecule has 1 rings (SSSR count). The summed E-state index contributed by atoms with van der Waals surface area (Å²) in [6, 6.07) is 4.03. The summed E-state index contributed by atoms with van der Waals surface area (Å²) in [5.41, 5.74) is 5.45. The summed E-state index contributed by atoms with van der Waals surface area (Å²) in [5.74, 6) is 0. The second-order valence-electron chi connectivity index (χ2n) is 3.06. The first-order valence-electron chi connectivity index (χ1n) is 4.08. The van der Waals surface area contributed by atoms with Crippen LogP contribution in [-0.2, 0) is 0 Å². The molecule has 7 heteroatoms. The minimum atomic E-state index is -4.72. The second kappa shape index (κ2) is 5.72. The number of hydrogen-bond donors (Lipinski definition) is 2. The summed E-state index contributed by atoms with van der Waals surface area (Å²) in [5, 5.41) is 9.29. The molecule has 0 radical (unpaired) electrons. The van der Waals surface area contributed by atoms with Gasteiger partial charge in [-0.3, -0.25) is 0 Å². The molecule has 0 aliphatic heterocycles. The van der Waals surface area contributed by atoms with Crippen LogP contribution in [0.1, 0.15) is 11.6 Å². The third-order valence-corrected chi connectivity index (χ3v) is 2.18. The van der Waals surface area contributed by atoms with E-state index in [0.29, 0.717) is 5.02 Å². The molecule has 0 aromatic heterocycles. The van der Waals surface area contributed by atoms with Gasteiger partial charge in [-0.05, 0) is 17.7 Å². The standard InChI is InChI=1S/C9H9ClF3NO.ClH/c10-6-3-1-5(2-4-6)7(14)8(15)9(11,12)13;/h1-4,7-8,15H,14H2;1H/t7-,8-;/m0./s1. The maximum atomic E-state index is 12.1. The van der Waals surface area contributed by atoms with Crippen molar-refractivity contribution >= 4 is 24.0 Å². The number of benzene rings is 1. The topological polar surface area (TPSA) is 46.2 Å². The van der Waals surface area contributed by atoms with Crippen LogP contribution >= 0.6 is 24.0 Å². The third kappa shape index (κ3) is 3.83. The second-order valence-corrected chi connectivity index (χ2v) is 3.50. The molecular weight excluding hydrogens is 266 g/mol. The van der Waals surface area contributed by atoms with Crippen LogP contribution in [0.3, 0.4) is 0 Å². The number of hydrogen-bond acceptors (Lipinski definition) is 2. The number of rotatable bonds is 2. The molecule has 0 saturated heterocycles. The smallest absolute Gasteiger partial charge is 0.382 e. The fraction of sp³-hybridized carbons (Fsp3) is 0.333. The van der Waals surface area contributed by atoms with Gasteiger partial charge in [0, 0.05) is 5.02 Å². The van der Waals surface area contributed by atoms with E-state index < -0.39 is 18.3 Å². The van der Waals surface area contributed by atoms with E-state index in [1.165, 1.54) is 24.3 Å². The van der Waals surface area contributed by atoms with Gasteiger partial charge in [-0.1, -0.05) is 23.7 Å².